The summed E-state index contributed by atoms with van der Waals surface area (Å²) >= 11 is 3.43. The fourth-order valence-electron chi connectivity index (χ4n) is 2.53. The second-order valence-corrected chi connectivity index (χ2v) is 8.57. The van der Waals surface area contributed by atoms with Crippen LogP contribution in [0.3, 0.4) is 0 Å². The standard InChI is InChI=1S/C20H18BrNO2S/c1-16-10-12-20(13-11-16)25(23,24)22(15-17-6-3-2-4-7-17)19-9-5-8-18(21)14-19/h2-14H,15H2,1H3. The lowest BCUT2D eigenvalue weighted by Crippen LogP contribution is -2.30. The number of benzene rings is 3. The Bertz CT molecular complexity index is 955. The Morgan fingerprint density at radius 2 is 1.56 bits per heavy atom. The van der Waals surface area contributed by atoms with Gasteiger partial charge in [-0.25, -0.2) is 8.42 Å². The minimum Gasteiger partial charge on any atom is -0.262 e. The maximum absolute atomic E-state index is 13.3. The second kappa shape index (κ2) is 7.42. The Kier molecular flexibility index (Phi) is 5.25. The highest BCUT2D eigenvalue weighted by molar-refractivity contribution is 9.10. The summed E-state index contributed by atoms with van der Waals surface area (Å²) in [4.78, 5) is 0.286. The van der Waals surface area contributed by atoms with Crippen LogP contribution < -0.4 is 4.31 Å². The van der Waals surface area contributed by atoms with Crippen LogP contribution in [-0.4, -0.2) is 8.42 Å². The highest BCUT2D eigenvalue weighted by atomic mass is 79.9. The van der Waals surface area contributed by atoms with Crippen molar-refractivity contribution < 1.29 is 8.42 Å². The average Bonchev–Trinajstić information content (AvgIpc) is 2.61. The molecule has 0 bridgehead atoms. The van der Waals surface area contributed by atoms with Crippen molar-refractivity contribution in [3.05, 3.63) is 94.5 Å². The lowest BCUT2D eigenvalue weighted by Gasteiger charge is -2.25. The molecule has 3 nitrogen and oxygen atoms in total. The Morgan fingerprint density at radius 3 is 2.20 bits per heavy atom. The minimum absolute atomic E-state index is 0.271. The highest BCUT2D eigenvalue weighted by Gasteiger charge is 2.25. The van der Waals surface area contributed by atoms with E-state index in [1.807, 2.05) is 67.6 Å². The molecule has 0 fully saturated rings. The summed E-state index contributed by atoms with van der Waals surface area (Å²) in [7, 11) is -3.67. The molecule has 128 valence electrons. The van der Waals surface area contributed by atoms with Gasteiger partial charge in [0.1, 0.15) is 0 Å². The van der Waals surface area contributed by atoms with Gasteiger partial charge in [0.25, 0.3) is 10.0 Å². The number of rotatable bonds is 5. The third-order valence-electron chi connectivity index (χ3n) is 3.87. The molecule has 0 N–H and O–H groups in total. The van der Waals surface area contributed by atoms with Gasteiger partial charge in [-0.1, -0.05) is 70.0 Å². The number of sulfonamides is 1. The molecule has 0 spiro atoms. The quantitative estimate of drug-likeness (QED) is 0.577. The monoisotopic (exact) mass is 415 g/mol. The third kappa shape index (κ3) is 4.11. The average molecular weight is 416 g/mol. The first-order valence-corrected chi connectivity index (χ1v) is 10.1. The highest BCUT2D eigenvalue weighted by Crippen LogP contribution is 2.28. The van der Waals surface area contributed by atoms with E-state index >= 15 is 0 Å². The topological polar surface area (TPSA) is 37.4 Å². The van der Waals surface area contributed by atoms with Crippen LogP contribution >= 0.6 is 15.9 Å². The van der Waals surface area contributed by atoms with Gasteiger partial charge in [0, 0.05) is 4.47 Å². The smallest absolute Gasteiger partial charge is 0.262 e. The van der Waals surface area contributed by atoms with Gasteiger partial charge in [0.2, 0.25) is 0 Å². The maximum atomic E-state index is 13.3. The van der Waals surface area contributed by atoms with Gasteiger partial charge in [-0.3, -0.25) is 4.31 Å². The number of anilines is 1. The summed E-state index contributed by atoms with van der Waals surface area (Å²) in [6.07, 6.45) is 0. The number of hydrogen-bond acceptors (Lipinski definition) is 2. The van der Waals surface area contributed by atoms with E-state index < -0.39 is 10.0 Å². The zero-order chi connectivity index (χ0) is 17.9. The Labute approximate surface area is 157 Å². The van der Waals surface area contributed by atoms with E-state index in [0.29, 0.717) is 5.69 Å². The fourth-order valence-corrected chi connectivity index (χ4v) is 4.36. The van der Waals surface area contributed by atoms with Crippen LogP contribution in [0.1, 0.15) is 11.1 Å². The predicted molar refractivity (Wildman–Crippen MR) is 105 cm³/mol. The first-order valence-electron chi connectivity index (χ1n) is 7.86. The van der Waals surface area contributed by atoms with Crippen LogP contribution in [0.2, 0.25) is 0 Å². The Hall–Kier alpha value is -2.11. The van der Waals surface area contributed by atoms with Crippen molar-refractivity contribution >= 4 is 31.6 Å². The second-order valence-electron chi connectivity index (χ2n) is 5.79. The van der Waals surface area contributed by atoms with Gasteiger partial charge >= 0.3 is 0 Å². The van der Waals surface area contributed by atoms with Crippen molar-refractivity contribution in [1.82, 2.24) is 0 Å². The van der Waals surface area contributed by atoms with Crippen molar-refractivity contribution in [3.8, 4) is 0 Å². The fraction of sp³-hybridized carbons (Fsp3) is 0.100. The van der Waals surface area contributed by atoms with E-state index in [9.17, 15) is 8.42 Å². The molecule has 25 heavy (non-hydrogen) atoms. The molecule has 0 saturated carbocycles. The molecule has 0 heterocycles. The van der Waals surface area contributed by atoms with Crippen molar-refractivity contribution in [2.75, 3.05) is 4.31 Å². The van der Waals surface area contributed by atoms with Crippen LogP contribution in [-0.2, 0) is 16.6 Å². The summed E-state index contributed by atoms with van der Waals surface area (Å²) in [6, 6.07) is 23.9. The molecule has 0 aliphatic heterocycles. The molecule has 0 unspecified atom stereocenters. The third-order valence-corrected chi connectivity index (χ3v) is 6.16. The van der Waals surface area contributed by atoms with E-state index in [0.717, 1.165) is 15.6 Å². The van der Waals surface area contributed by atoms with Crippen molar-refractivity contribution in [2.24, 2.45) is 0 Å². The Morgan fingerprint density at radius 1 is 0.880 bits per heavy atom. The van der Waals surface area contributed by atoms with Gasteiger partial charge in [-0.05, 0) is 42.8 Å². The van der Waals surface area contributed by atoms with Crippen molar-refractivity contribution in [3.63, 3.8) is 0 Å². The summed E-state index contributed by atoms with van der Waals surface area (Å²) in [6.45, 7) is 2.21. The molecule has 3 aromatic rings. The zero-order valence-electron chi connectivity index (χ0n) is 13.8. The summed E-state index contributed by atoms with van der Waals surface area (Å²) in [5.74, 6) is 0. The van der Waals surface area contributed by atoms with Gasteiger partial charge in [0.15, 0.2) is 0 Å². The predicted octanol–water partition coefficient (Wildman–Crippen LogP) is 5.15. The minimum atomic E-state index is -3.67. The molecule has 0 amide bonds. The molecule has 0 atom stereocenters. The van der Waals surface area contributed by atoms with Crippen LogP contribution in [0, 0.1) is 6.92 Å². The van der Waals surface area contributed by atoms with Crippen LogP contribution in [0.4, 0.5) is 5.69 Å². The van der Waals surface area contributed by atoms with Crippen molar-refractivity contribution in [1.29, 1.82) is 0 Å². The summed E-state index contributed by atoms with van der Waals surface area (Å²) < 4.78 is 28.8. The summed E-state index contributed by atoms with van der Waals surface area (Å²) in [5, 5.41) is 0. The van der Waals surface area contributed by atoms with E-state index in [1.165, 1.54) is 4.31 Å². The molecular weight excluding hydrogens is 398 g/mol. The SMILES string of the molecule is Cc1ccc(S(=O)(=O)N(Cc2ccccc2)c2cccc(Br)c2)cc1. The van der Waals surface area contributed by atoms with Crippen LogP contribution in [0.5, 0.6) is 0 Å². The molecule has 3 rings (SSSR count). The van der Waals surface area contributed by atoms with Gasteiger partial charge < -0.3 is 0 Å². The summed E-state index contributed by atoms with van der Waals surface area (Å²) in [5.41, 5.74) is 2.58. The van der Waals surface area contributed by atoms with Gasteiger partial charge in [-0.15, -0.1) is 0 Å². The lowest BCUT2D eigenvalue weighted by molar-refractivity contribution is 0.590. The number of halogens is 1. The molecule has 0 radical (unpaired) electrons. The van der Waals surface area contributed by atoms with E-state index in [1.54, 1.807) is 18.2 Å². The van der Waals surface area contributed by atoms with E-state index in [2.05, 4.69) is 15.9 Å². The maximum Gasteiger partial charge on any atom is 0.264 e. The first kappa shape index (κ1) is 17.7. The number of aryl methyl sites for hydroxylation is 1. The molecule has 0 aromatic heterocycles. The Balaban J connectivity index is 2.08. The normalized spacial score (nSPS) is 11.3. The molecule has 3 aromatic carbocycles. The van der Waals surface area contributed by atoms with E-state index in [-0.39, 0.29) is 11.4 Å². The molecule has 0 aliphatic rings. The lowest BCUT2D eigenvalue weighted by atomic mass is 10.2. The molecular formula is C20H18BrNO2S. The number of hydrogen-bond donors (Lipinski definition) is 0. The first-order chi connectivity index (χ1) is 12.0. The van der Waals surface area contributed by atoms with Crippen molar-refractivity contribution in [2.45, 2.75) is 18.4 Å². The molecule has 5 heteroatoms. The molecule has 0 aliphatic carbocycles. The number of nitrogens with zero attached hydrogens (tertiary/aromatic N) is 1. The zero-order valence-corrected chi connectivity index (χ0v) is 16.2. The van der Waals surface area contributed by atoms with Crippen LogP contribution in [0.15, 0.2) is 88.2 Å². The van der Waals surface area contributed by atoms with Crippen LogP contribution in [0.25, 0.3) is 0 Å². The largest absolute Gasteiger partial charge is 0.264 e. The van der Waals surface area contributed by atoms with Gasteiger partial charge in [-0.2, -0.15) is 0 Å². The van der Waals surface area contributed by atoms with E-state index in [4.69, 9.17) is 0 Å². The molecule has 0 saturated heterocycles. The van der Waals surface area contributed by atoms with Gasteiger partial charge in [0.05, 0.1) is 17.1 Å².